The summed E-state index contributed by atoms with van der Waals surface area (Å²) in [5.74, 6) is -0.209. The Hall–Kier alpha value is -0.230. The second-order valence-electron chi connectivity index (χ2n) is 4.14. The maximum absolute atomic E-state index is 13.4. The summed E-state index contributed by atoms with van der Waals surface area (Å²) < 4.78 is 15.1. The number of hydrogen-bond acceptors (Lipinski definition) is 2. The van der Waals surface area contributed by atoms with Gasteiger partial charge in [-0.1, -0.05) is 12.1 Å². The molecular weight excluding hydrogens is 381 g/mol. The molecule has 0 saturated heterocycles. The molecule has 18 heavy (non-hydrogen) atoms. The summed E-state index contributed by atoms with van der Waals surface area (Å²) in [5, 5.41) is 2.13. The van der Waals surface area contributed by atoms with Gasteiger partial charge < -0.3 is 0 Å². The number of thiophene rings is 1. The summed E-state index contributed by atoms with van der Waals surface area (Å²) in [7, 11) is 2.03. The molecule has 0 unspecified atom stereocenters. The highest BCUT2D eigenvalue weighted by molar-refractivity contribution is 9.11. The minimum Gasteiger partial charge on any atom is -0.298 e. The first-order valence-corrected chi connectivity index (χ1v) is 7.87. The number of nitrogens with zero attached hydrogens (tertiary/aromatic N) is 1. The molecule has 0 spiro atoms. The third kappa shape index (κ3) is 3.63. The Labute approximate surface area is 127 Å². The molecule has 0 fully saturated rings. The van der Waals surface area contributed by atoms with Crippen LogP contribution in [0, 0.1) is 5.82 Å². The van der Waals surface area contributed by atoms with Crippen molar-refractivity contribution in [3.63, 3.8) is 0 Å². The Morgan fingerprint density at radius 2 is 2.06 bits per heavy atom. The average Bonchev–Trinajstić information content (AvgIpc) is 2.70. The van der Waals surface area contributed by atoms with Crippen LogP contribution in [0.1, 0.15) is 11.1 Å². The average molecular weight is 393 g/mol. The Morgan fingerprint density at radius 3 is 2.72 bits per heavy atom. The maximum Gasteiger partial charge on any atom is 0.137 e. The fourth-order valence-corrected chi connectivity index (χ4v) is 3.35. The molecule has 2 aromatic rings. The van der Waals surface area contributed by atoms with Crippen LogP contribution in [0.4, 0.5) is 4.39 Å². The monoisotopic (exact) mass is 391 g/mol. The van der Waals surface area contributed by atoms with E-state index in [4.69, 9.17) is 0 Å². The van der Waals surface area contributed by atoms with E-state index in [9.17, 15) is 4.39 Å². The quantitative estimate of drug-likeness (QED) is 0.704. The maximum atomic E-state index is 13.4. The Morgan fingerprint density at radius 1 is 1.28 bits per heavy atom. The molecule has 0 aliphatic heterocycles. The van der Waals surface area contributed by atoms with Crippen LogP contribution in [0.15, 0.2) is 37.9 Å². The van der Waals surface area contributed by atoms with Gasteiger partial charge in [0.15, 0.2) is 0 Å². The van der Waals surface area contributed by atoms with E-state index in [-0.39, 0.29) is 5.82 Å². The third-order valence-electron chi connectivity index (χ3n) is 2.55. The van der Waals surface area contributed by atoms with Crippen LogP contribution in [-0.4, -0.2) is 11.9 Å². The van der Waals surface area contributed by atoms with E-state index in [2.05, 4.69) is 48.2 Å². The Bertz CT molecular complexity index is 542. The molecule has 1 heterocycles. The third-order valence-corrected chi connectivity index (χ3v) is 4.99. The van der Waals surface area contributed by atoms with Crippen molar-refractivity contribution in [2.24, 2.45) is 0 Å². The van der Waals surface area contributed by atoms with Crippen LogP contribution < -0.4 is 0 Å². The molecule has 0 N–H and O–H groups in total. The van der Waals surface area contributed by atoms with Crippen molar-refractivity contribution >= 4 is 43.2 Å². The van der Waals surface area contributed by atoms with Gasteiger partial charge in [-0.05, 0) is 67.5 Å². The van der Waals surface area contributed by atoms with E-state index in [1.54, 1.807) is 17.4 Å². The van der Waals surface area contributed by atoms with Crippen molar-refractivity contribution in [1.82, 2.24) is 4.90 Å². The van der Waals surface area contributed by atoms with Crippen LogP contribution in [-0.2, 0) is 13.1 Å². The lowest BCUT2D eigenvalue weighted by Crippen LogP contribution is -2.17. The van der Waals surface area contributed by atoms with Gasteiger partial charge in [-0.3, -0.25) is 4.90 Å². The zero-order chi connectivity index (χ0) is 13.1. The van der Waals surface area contributed by atoms with Gasteiger partial charge in [-0.2, -0.15) is 0 Å². The largest absolute Gasteiger partial charge is 0.298 e. The van der Waals surface area contributed by atoms with Crippen molar-refractivity contribution in [3.05, 3.63) is 54.8 Å². The van der Waals surface area contributed by atoms with Gasteiger partial charge >= 0.3 is 0 Å². The summed E-state index contributed by atoms with van der Waals surface area (Å²) >= 11 is 8.42. The predicted octanol–water partition coefficient (Wildman–Crippen LogP) is 5.04. The predicted molar refractivity (Wildman–Crippen MR) is 81.3 cm³/mol. The van der Waals surface area contributed by atoms with Crippen molar-refractivity contribution in [3.8, 4) is 0 Å². The Kier molecular flexibility index (Phi) is 4.95. The van der Waals surface area contributed by atoms with Crippen LogP contribution in [0.2, 0.25) is 0 Å². The normalized spacial score (nSPS) is 11.2. The molecular formula is C13H12Br2FNS. The highest BCUT2D eigenvalue weighted by Crippen LogP contribution is 2.24. The first-order valence-electron chi connectivity index (χ1n) is 5.40. The van der Waals surface area contributed by atoms with Gasteiger partial charge in [0.25, 0.3) is 0 Å². The minimum atomic E-state index is -0.209. The summed E-state index contributed by atoms with van der Waals surface area (Å²) in [6.07, 6.45) is 0. The fourth-order valence-electron chi connectivity index (χ4n) is 1.76. The fraction of sp³-hybridized carbons (Fsp3) is 0.231. The summed E-state index contributed by atoms with van der Waals surface area (Å²) in [6.45, 7) is 1.57. The van der Waals surface area contributed by atoms with E-state index in [1.807, 2.05) is 13.1 Å². The first kappa shape index (κ1) is 14.2. The van der Waals surface area contributed by atoms with E-state index in [0.717, 1.165) is 15.9 Å². The van der Waals surface area contributed by atoms with Crippen LogP contribution >= 0.6 is 43.2 Å². The lowest BCUT2D eigenvalue weighted by molar-refractivity contribution is 0.318. The van der Waals surface area contributed by atoms with Crippen LogP contribution in [0.25, 0.3) is 0 Å². The molecule has 5 heteroatoms. The van der Waals surface area contributed by atoms with Crippen LogP contribution in [0.3, 0.4) is 0 Å². The standard InChI is InChI=1S/C13H12Br2FNS/c1-17(6-9-5-12(14)18-8-9)7-10-3-2-4-11(16)13(10)15/h2-5,8H,6-7H2,1H3. The molecule has 0 aliphatic rings. The number of halogens is 3. The highest BCUT2D eigenvalue weighted by Gasteiger charge is 2.08. The molecule has 0 amide bonds. The van der Waals surface area contributed by atoms with Crippen LogP contribution in [0.5, 0.6) is 0 Å². The number of hydrogen-bond donors (Lipinski definition) is 0. The highest BCUT2D eigenvalue weighted by atomic mass is 79.9. The molecule has 0 bridgehead atoms. The summed E-state index contributed by atoms with van der Waals surface area (Å²) in [6, 6.07) is 7.25. The molecule has 0 saturated carbocycles. The molecule has 0 radical (unpaired) electrons. The van der Waals surface area contributed by atoms with Gasteiger partial charge in [0.1, 0.15) is 5.82 Å². The van der Waals surface area contributed by atoms with Gasteiger partial charge in [-0.25, -0.2) is 4.39 Å². The summed E-state index contributed by atoms with van der Waals surface area (Å²) in [5.41, 5.74) is 2.23. The van der Waals surface area contributed by atoms with Gasteiger partial charge in [0, 0.05) is 13.1 Å². The second-order valence-corrected chi connectivity index (χ2v) is 7.23. The Balaban J connectivity index is 2.03. The second kappa shape index (κ2) is 6.28. The number of benzene rings is 1. The molecule has 1 nitrogen and oxygen atoms in total. The molecule has 1 aromatic heterocycles. The SMILES string of the molecule is CN(Cc1csc(Br)c1)Cc1cccc(F)c1Br. The van der Waals surface area contributed by atoms with Gasteiger partial charge in [0.2, 0.25) is 0 Å². The van der Waals surface area contributed by atoms with E-state index in [0.29, 0.717) is 11.0 Å². The van der Waals surface area contributed by atoms with Crippen molar-refractivity contribution in [2.75, 3.05) is 7.05 Å². The van der Waals surface area contributed by atoms with Gasteiger partial charge in [0.05, 0.1) is 8.26 Å². The molecule has 0 aliphatic carbocycles. The lowest BCUT2D eigenvalue weighted by atomic mass is 10.2. The lowest BCUT2D eigenvalue weighted by Gasteiger charge is -2.17. The number of rotatable bonds is 4. The van der Waals surface area contributed by atoms with Gasteiger partial charge in [-0.15, -0.1) is 11.3 Å². The molecule has 0 atom stereocenters. The van der Waals surface area contributed by atoms with Crippen molar-refractivity contribution in [1.29, 1.82) is 0 Å². The zero-order valence-electron chi connectivity index (χ0n) is 9.79. The summed E-state index contributed by atoms with van der Waals surface area (Å²) in [4.78, 5) is 2.16. The molecule has 96 valence electrons. The van der Waals surface area contributed by atoms with Crippen molar-refractivity contribution < 1.29 is 4.39 Å². The van der Waals surface area contributed by atoms with Crippen molar-refractivity contribution in [2.45, 2.75) is 13.1 Å². The smallest absolute Gasteiger partial charge is 0.137 e. The van der Waals surface area contributed by atoms with E-state index in [1.165, 1.54) is 11.6 Å². The van der Waals surface area contributed by atoms with E-state index < -0.39 is 0 Å². The minimum absolute atomic E-state index is 0.209. The van der Waals surface area contributed by atoms with E-state index >= 15 is 0 Å². The topological polar surface area (TPSA) is 3.24 Å². The molecule has 1 aromatic carbocycles. The first-order chi connectivity index (χ1) is 8.56. The zero-order valence-corrected chi connectivity index (χ0v) is 13.8. The molecule has 2 rings (SSSR count).